The summed E-state index contributed by atoms with van der Waals surface area (Å²) in [4.78, 5) is 9.65. The Morgan fingerprint density at radius 3 is 3.10 bits per heavy atom. The maximum Gasteiger partial charge on any atom is 0.0950 e. The number of hydrogen-bond donors (Lipinski definition) is 1. The Bertz CT molecular complexity index is 430. The van der Waals surface area contributed by atoms with Gasteiger partial charge in [0.1, 0.15) is 0 Å². The molecule has 5 heteroatoms. The van der Waals surface area contributed by atoms with Crippen molar-refractivity contribution >= 4 is 0 Å². The van der Waals surface area contributed by atoms with Crippen LogP contribution in [0, 0.1) is 5.92 Å². The molecule has 2 aliphatic rings. The lowest BCUT2D eigenvalue weighted by Gasteiger charge is -2.45. The van der Waals surface area contributed by atoms with Crippen molar-refractivity contribution in [1.29, 1.82) is 0 Å². The topological polar surface area (TPSA) is 50.3 Å². The van der Waals surface area contributed by atoms with E-state index in [4.69, 9.17) is 5.73 Å². The molecule has 2 unspecified atom stereocenters. The highest BCUT2D eigenvalue weighted by Gasteiger charge is 2.34. The molecule has 0 saturated carbocycles. The minimum absolute atomic E-state index is 0.676. The van der Waals surface area contributed by atoms with E-state index in [-0.39, 0.29) is 0 Å². The molecule has 3 heterocycles. The molecule has 2 fully saturated rings. The van der Waals surface area contributed by atoms with Crippen LogP contribution >= 0.6 is 0 Å². The van der Waals surface area contributed by atoms with Crippen LogP contribution in [-0.2, 0) is 13.1 Å². The SMILES string of the molecule is CN1CCCC2CN(Cc3cn(CCN)cn3)CCC21. The summed E-state index contributed by atoms with van der Waals surface area (Å²) in [6, 6.07) is 0.815. The number of nitrogens with two attached hydrogens (primary N) is 1. The third-order valence-electron chi connectivity index (χ3n) is 4.89. The molecule has 0 radical (unpaired) electrons. The van der Waals surface area contributed by atoms with Gasteiger partial charge in [0.05, 0.1) is 12.0 Å². The fraction of sp³-hybridized carbons (Fsp3) is 0.800. The lowest BCUT2D eigenvalue weighted by atomic mass is 9.84. The first-order valence-electron chi connectivity index (χ1n) is 7.89. The van der Waals surface area contributed by atoms with Gasteiger partial charge >= 0.3 is 0 Å². The number of aromatic nitrogens is 2. The number of hydrogen-bond acceptors (Lipinski definition) is 4. The van der Waals surface area contributed by atoms with Crippen molar-refractivity contribution in [2.75, 3.05) is 33.2 Å². The average molecular weight is 277 g/mol. The van der Waals surface area contributed by atoms with Gasteiger partial charge in [-0.3, -0.25) is 4.90 Å². The number of likely N-dealkylation sites (tertiary alicyclic amines) is 2. The van der Waals surface area contributed by atoms with Gasteiger partial charge in [-0.2, -0.15) is 0 Å². The second-order valence-corrected chi connectivity index (χ2v) is 6.37. The first kappa shape index (κ1) is 14.0. The number of imidazole rings is 1. The predicted molar refractivity (Wildman–Crippen MR) is 80.3 cm³/mol. The van der Waals surface area contributed by atoms with E-state index >= 15 is 0 Å². The molecular formula is C15H27N5. The molecule has 0 bridgehead atoms. The fourth-order valence-electron chi connectivity index (χ4n) is 3.86. The van der Waals surface area contributed by atoms with Gasteiger partial charge in [-0.15, -0.1) is 0 Å². The van der Waals surface area contributed by atoms with E-state index in [0.29, 0.717) is 6.54 Å². The largest absolute Gasteiger partial charge is 0.336 e. The van der Waals surface area contributed by atoms with Gasteiger partial charge in [0, 0.05) is 45.0 Å². The van der Waals surface area contributed by atoms with Gasteiger partial charge in [0.25, 0.3) is 0 Å². The number of fused-ring (bicyclic) bond motifs is 1. The second-order valence-electron chi connectivity index (χ2n) is 6.37. The number of nitrogens with zero attached hydrogens (tertiary/aromatic N) is 4. The lowest BCUT2D eigenvalue weighted by Crippen LogP contribution is -2.52. The van der Waals surface area contributed by atoms with E-state index in [1.807, 2.05) is 6.33 Å². The van der Waals surface area contributed by atoms with E-state index < -0.39 is 0 Å². The quantitative estimate of drug-likeness (QED) is 0.883. The zero-order chi connectivity index (χ0) is 13.9. The molecule has 112 valence electrons. The van der Waals surface area contributed by atoms with E-state index in [9.17, 15) is 0 Å². The maximum absolute atomic E-state index is 5.58. The molecule has 0 amide bonds. The van der Waals surface area contributed by atoms with Crippen LogP contribution in [0.25, 0.3) is 0 Å². The van der Waals surface area contributed by atoms with Gasteiger partial charge in [0.15, 0.2) is 0 Å². The highest BCUT2D eigenvalue weighted by molar-refractivity contribution is 4.98. The van der Waals surface area contributed by atoms with Gasteiger partial charge < -0.3 is 15.2 Å². The van der Waals surface area contributed by atoms with Crippen molar-refractivity contribution in [2.24, 2.45) is 11.7 Å². The molecule has 2 atom stereocenters. The van der Waals surface area contributed by atoms with Gasteiger partial charge in [0.2, 0.25) is 0 Å². The van der Waals surface area contributed by atoms with Crippen molar-refractivity contribution < 1.29 is 0 Å². The molecule has 1 aromatic rings. The first-order valence-corrected chi connectivity index (χ1v) is 7.89. The van der Waals surface area contributed by atoms with Crippen LogP contribution in [0.1, 0.15) is 25.0 Å². The standard InChI is InChI=1S/C15H27N5/c1-18-6-2-3-13-9-19(7-4-15(13)18)10-14-11-20(8-5-16)12-17-14/h11-13,15H,2-10,16H2,1H3. The highest BCUT2D eigenvalue weighted by Crippen LogP contribution is 2.29. The second kappa shape index (κ2) is 6.24. The van der Waals surface area contributed by atoms with Crippen LogP contribution in [0.15, 0.2) is 12.5 Å². The minimum atomic E-state index is 0.676. The van der Waals surface area contributed by atoms with Crippen LogP contribution in [-0.4, -0.2) is 58.6 Å². The molecule has 2 N–H and O–H groups in total. The summed E-state index contributed by atoms with van der Waals surface area (Å²) >= 11 is 0. The Labute approximate surface area is 121 Å². The molecule has 1 aromatic heterocycles. The Morgan fingerprint density at radius 1 is 1.35 bits per heavy atom. The molecule has 2 aliphatic heterocycles. The molecule has 5 nitrogen and oxygen atoms in total. The third-order valence-corrected chi connectivity index (χ3v) is 4.89. The molecule has 0 spiro atoms. The van der Waals surface area contributed by atoms with E-state index in [1.165, 1.54) is 44.6 Å². The van der Waals surface area contributed by atoms with E-state index in [1.54, 1.807) is 0 Å². The minimum Gasteiger partial charge on any atom is -0.336 e. The van der Waals surface area contributed by atoms with Gasteiger partial charge in [-0.05, 0) is 38.8 Å². The van der Waals surface area contributed by atoms with Crippen LogP contribution in [0.2, 0.25) is 0 Å². The Hall–Kier alpha value is -0.910. The first-order chi connectivity index (χ1) is 9.76. The Kier molecular flexibility index (Phi) is 4.38. The van der Waals surface area contributed by atoms with Gasteiger partial charge in [-0.1, -0.05) is 0 Å². The Morgan fingerprint density at radius 2 is 2.25 bits per heavy atom. The zero-order valence-corrected chi connectivity index (χ0v) is 12.5. The van der Waals surface area contributed by atoms with Crippen molar-refractivity contribution in [3.8, 4) is 0 Å². The molecule has 20 heavy (non-hydrogen) atoms. The fourth-order valence-corrected chi connectivity index (χ4v) is 3.86. The number of piperidine rings is 2. The summed E-state index contributed by atoms with van der Waals surface area (Å²) in [6.07, 6.45) is 8.11. The average Bonchev–Trinajstić information content (AvgIpc) is 2.87. The molecular weight excluding hydrogens is 250 g/mol. The Balaban J connectivity index is 1.56. The van der Waals surface area contributed by atoms with Crippen molar-refractivity contribution in [1.82, 2.24) is 19.4 Å². The van der Waals surface area contributed by atoms with Crippen LogP contribution in [0.5, 0.6) is 0 Å². The highest BCUT2D eigenvalue weighted by atomic mass is 15.2. The van der Waals surface area contributed by atoms with Crippen molar-refractivity contribution in [3.05, 3.63) is 18.2 Å². The van der Waals surface area contributed by atoms with Crippen LogP contribution in [0.4, 0.5) is 0 Å². The summed E-state index contributed by atoms with van der Waals surface area (Å²) in [6.45, 7) is 6.25. The zero-order valence-electron chi connectivity index (χ0n) is 12.5. The number of rotatable bonds is 4. The molecule has 2 saturated heterocycles. The molecule has 3 rings (SSSR count). The lowest BCUT2D eigenvalue weighted by molar-refractivity contribution is 0.0350. The maximum atomic E-state index is 5.58. The van der Waals surface area contributed by atoms with E-state index in [0.717, 1.165) is 25.0 Å². The summed E-state index contributed by atoms with van der Waals surface area (Å²) in [5.41, 5.74) is 6.76. The normalized spacial score (nSPS) is 28.5. The molecule has 0 aromatic carbocycles. The summed E-state index contributed by atoms with van der Waals surface area (Å²) < 4.78 is 2.09. The van der Waals surface area contributed by atoms with E-state index in [2.05, 4.69) is 32.6 Å². The summed E-state index contributed by atoms with van der Waals surface area (Å²) in [7, 11) is 2.29. The summed E-state index contributed by atoms with van der Waals surface area (Å²) in [5.74, 6) is 0.855. The molecule has 0 aliphatic carbocycles. The smallest absolute Gasteiger partial charge is 0.0950 e. The van der Waals surface area contributed by atoms with Crippen molar-refractivity contribution in [2.45, 2.75) is 38.4 Å². The monoisotopic (exact) mass is 277 g/mol. The third kappa shape index (κ3) is 3.05. The van der Waals surface area contributed by atoms with Crippen LogP contribution in [0.3, 0.4) is 0 Å². The van der Waals surface area contributed by atoms with Crippen LogP contribution < -0.4 is 5.73 Å². The predicted octanol–water partition coefficient (Wildman–Crippen LogP) is 0.758. The van der Waals surface area contributed by atoms with Crippen molar-refractivity contribution in [3.63, 3.8) is 0 Å². The summed E-state index contributed by atoms with van der Waals surface area (Å²) in [5, 5.41) is 0. The van der Waals surface area contributed by atoms with Gasteiger partial charge in [-0.25, -0.2) is 4.98 Å².